The molecule has 1 unspecified atom stereocenters. The van der Waals surface area contributed by atoms with Crippen molar-refractivity contribution in [1.82, 2.24) is 4.98 Å². The number of anilines is 1. The number of esters is 1. The van der Waals surface area contributed by atoms with Crippen LogP contribution in [-0.4, -0.2) is 30.5 Å². The highest BCUT2D eigenvalue weighted by Crippen LogP contribution is 2.30. The van der Waals surface area contributed by atoms with E-state index in [1.807, 2.05) is 13.8 Å². The van der Waals surface area contributed by atoms with Crippen molar-refractivity contribution in [1.29, 1.82) is 0 Å². The predicted octanol–water partition coefficient (Wildman–Crippen LogP) is 1.22. The molecule has 18 heavy (non-hydrogen) atoms. The van der Waals surface area contributed by atoms with E-state index in [1.165, 1.54) is 7.11 Å². The highest BCUT2D eigenvalue weighted by molar-refractivity contribution is 6.00. The van der Waals surface area contributed by atoms with E-state index in [9.17, 15) is 9.59 Å². The molecule has 2 heterocycles. The Morgan fingerprint density at radius 3 is 2.56 bits per heavy atom. The molecule has 2 rings (SSSR count). The lowest BCUT2D eigenvalue weighted by molar-refractivity contribution is -0.145. The lowest BCUT2D eigenvalue weighted by atomic mass is 10.1. The Balaban J connectivity index is 2.30. The van der Waals surface area contributed by atoms with E-state index in [2.05, 4.69) is 4.98 Å². The highest BCUT2D eigenvalue weighted by Gasteiger charge is 2.36. The zero-order valence-corrected chi connectivity index (χ0v) is 10.8. The van der Waals surface area contributed by atoms with Gasteiger partial charge in [0.15, 0.2) is 0 Å². The molecule has 0 aliphatic carbocycles. The molecule has 1 amide bonds. The molecule has 0 radical (unpaired) electrons. The van der Waals surface area contributed by atoms with Gasteiger partial charge in [0.1, 0.15) is 0 Å². The van der Waals surface area contributed by atoms with Crippen LogP contribution in [0.5, 0.6) is 0 Å². The van der Waals surface area contributed by atoms with Crippen LogP contribution in [0.1, 0.15) is 17.5 Å². The molecule has 1 aliphatic rings. The maximum atomic E-state index is 12.0. The number of rotatable bonds is 2. The van der Waals surface area contributed by atoms with Crippen LogP contribution in [-0.2, 0) is 14.3 Å². The Labute approximate surface area is 106 Å². The number of amides is 1. The first-order valence-electron chi connectivity index (χ1n) is 5.84. The van der Waals surface area contributed by atoms with Crippen LogP contribution in [0.25, 0.3) is 0 Å². The zero-order valence-electron chi connectivity index (χ0n) is 10.8. The second kappa shape index (κ2) is 4.76. The first-order valence-corrected chi connectivity index (χ1v) is 5.84. The first-order chi connectivity index (χ1) is 8.54. The molecular weight excluding hydrogens is 232 g/mol. The van der Waals surface area contributed by atoms with Crippen molar-refractivity contribution in [3.63, 3.8) is 0 Å². The van der Waals surface area contributed by atoms with Gasteiger partial charge in [-0.2, -0.15) is 0 Å². The second-order valence-corrected chi connectivity index (χ2v) is 4.55. The number of nitrogens with zero attached hydrogens (tertiary/aromatic N) is 2. The molecule has 1 aromatic rings. The van der Waals surface area contributed by atoms with Crippen molar-refractivity contribution < 1.29 is 14.3 Å². The van der Waals surface area contributed by atoms with E-state index >= 15 is 0 Å². The highest BCUT2D eigenvalue weighted by atomic mass is 16.5. The molecule has 1 atom stereocenters. The molecular formula is C13H16N2O3. The monoisotopic (exact) mass is 248 g/mol. The normalized spacial score (nSPS) is 19.2. The van der Waals surface area contributed by atoms with Crippen LogP contribution in [0.4, 0.5) is 5.69 Å². The lowest BCUT2D eigenvalue weighted by Gasteiger charge is -2.20. The van der Waals surface area contributed by atoms with E-state index in [-0.39, 0.29) is 24.2 Å². The van der Waals surface area contributed by atoms with Crippen LogP contribution < -0.4 is 4.90 Å². The Morgan fingerprint density at radius 2 is 2.00 bits per heavy atom. The number of aromatic nitrogens is 1. The van der Waals surface area contributed by atoms with Crippen LogP contribution in [0.2, 0.25) is 0 Å². The third kappa shape index (κ3) is 2.08. The van der Waals surface area contributed by atoms with Gasteiger partial charge in [-0.3, -0.25) is 14.6 Å². The summed E-state index contributed by atoms with van der Waals surface area (Å²) in [5.74, 6) is -0.729. The molecule has 5 nitrogen and oxygen atoms in total. The van der Waals surface area contributed by atoms with Gasteiger partial charge in [-0.25, -0.2) is 0 Å². The molecule has 1 aliphatic heterocycles. The van der Waals surface area contributed by atoms with E-state index in [0.29, 0.717) is 6.54 Å². The molecule has 0 aromatic carbocycles. The van der Waals surface area contributed by atoms with Crippen molar-refractivity contribution in [2.45, 2.75) is 20.3 Å². The molecule has 0 N–H and O–H groups in total. The van der Waals surface area contributed by atoms with E-state index in [0.717, 1.165) is 16.8 Å². The van der Waals surface area contributed by atoms with E-state index < -0.39 is 0 Å². The summed E-state index contributed by atoms with van der Waals surface area (Å²) in [4.78, 5) is 29.2. The van der Waals surface area contributed by atoms with Gasteiger partial charge in [-0.05, 0) is 25.0 Å². The average Bonchev–Trinajstić information content (AvgIpc) is 2.70. The van der Waals surface area contributed by atoms with E-state index in [4.69, 9.17) is 4.74 Å². The van der Waals surface area contributed by atoms with Gasteiger partial charge in [-0.15, -0.1) is 0 Å². The topological polar surface area (TPSA) is 59.5 Å². The fraction of sp³-hybridized carbons (Fsp3) is 0.462. The maximum absolute atomic E-state index is 12.0. The summed E-state index contributed by atoms with van der Waals surface area (Å²) >= 11 is 0. The summed E-state index contributed by atoms with van der Waals surface area (Å²) in [6.07, 6.45) is 3.66. The van der Waals surface area contributed by atoms with Gasteiger partial charge in [-0.1, -0.05) is 0 Å². The number of carbonyl (C=O) groups is 2. The van der Waals surface area contributed by atoms with Gasteiger partial charge < -0.3 is 9.64 Å². The van der Waals surface area contributed by atoms with Crippen LogP contribution in [0.3, 0.4) is 0 Å². The third-order valence-electron chi connectivity index (χ3n) is 3.21. The van der Waals surface area contributed by atoms with E-state index in [1.54, 1.807) is 17.3 Å². The Bertz CT molecular complexity index is 479. The average molecular weight is 248 g/mol. The number of hydrogen-bond acceptors (Lipinski definition) is 4. The quantitative estimate of drug-likeness (QED) is 0.738. The van der Waals surface area contributed by atoms with Crippen LogP contribution in [0, 0.1) is 19.8 Å². The lowest BCUT2D eigenvalue weighted by Crippen LogP contribution is -2.27. The number of hydrogen-bond donors (Lipinski definition) is 0. The smallest absolute Gasteiger partial charge is 0.311 e. The van der Waals surface area contributed by atoms with Gasteiger partial charge in [0, 0.05) is 25.4 Å². The van der Waals surface area contributed by atoms with Gasteiger partial charge in [0.25, 0.3) is 0 Å². The minimum absolute atomic E-state index is 0.0391. The SMILES string of the molecule is COC(=O)C1CC(=O)N(c2c(C)cncc2C)C1. The largest absolute Gasteiger partial charge is 0.469 e. The van der Waals surface area contributed by atoms with Gasteiger partial charge in [0.2, 0.25) is 5.91 Å². The minimum atomic E-state index is -0.366. The van der Waals surface area contributed by atoms with Crippen LogP contribution >= 0.6 is 0 Å². The fourth-order valence-corrected chi connectivity index (χ4v) is 2.37. The number of methoxy groups -OCH3 is 1. The molecule has 0 spiro atoms. The summed E-state index contributed by atoms with van der Waals surface area (Å²) in [5.41, 5.74) is 2.74. The van der Waals surface area contributed by atoms with Crippen molar-refractivity contribution in [3.05, 3.63) is 23.5 Å². The summed E-state index contributed by atoms with van der Waals surface area (Å²) in [5, 5.41) is 0. The number of pyridine rings is 1. The van der Waals surface area contributed by atoms with Crippen molar-refractivity contribution in [2.75, 3.05) is 18.6 Å². The van der Waals surface area contributed by atoms with Crippen molar-refractivity contribution in [2.24, 2.45) is 5.92 Å². The Hall–Kier alpha value is -1.91. The van der Waals surface area contributed by atoms with Gasteiger partial charge in [0.05, 0.1) is 18.7 Å². The third-order valence-corrected chi connectivity index (χ3v) is 3.21. The molecule has 1 fully saturated rings. The van der Waals surface area contributed by atoms with Crippen molar-refractivity contribution in [3.8, 4) is 0 Å². The molecule has 96 valence electrons. The molecule has 5 heteroatoms. The van der Waals surface area contributed by atoms with Gasteiger partial charge >= 0.3 is 5.97 Å². The first kappa shape index (κ1) is 12.5. The second-order valence-electron chi connectivity index (χ2n) is 4.55. The number of aryl methyl sites for hydroxylation is 2. The standard InChI is InChI=1S/C13H16N2O3/c1-8-5-14-6-9(2)12(8)15-7-10(4-11(15)16)13(17)18-3/h5-6,10H,4,7H2,1-3H3. The Morgan fingerprint density at radius 1 is 1.39 bits per heavy atom. The Kier molecular flexibility index (Phi) is 3.32. The fourth-order valence-electron chi connectivity index (χ4n) is 2.37. The minimum Gasteiger partial charge on any atom is -0.469 e. The maximum Gasteiger partial charge on any atom is 0.311 e. The summed E-state index contributed by atoms with van der Waals surface area (Å²) in [6.45, 7) is 4.21. The molecule has 1 aromatic heterocycles. The summed E-state index contributed by atoms with van der Waals surface area (Å²) in [6, 6.07) is 0. The summed E-state index contributed by atoms with van der Waals surface area (Å²) in [7, 11) is 1.35. The number of ether oxygens (including phenoxy) is 1. The molecule has 0 saturated carbocycles. The summed E-state index contributed by atoms with van der Waals surface area (Å²) < 4.78 is 4.70. The molecule has 1 saturated heterocycles. The number of carbonyl (C=O) groups excluding carboxylic acids is 2. The van der Waals surface area contributed by atoms with Crippen LogP contribution in [0.15, 0.2) is 12.4 Å². The molecule has 0 bridgehead atoms. The van der Waals surface area contributed by atoms with Crippen molar-refractivity contribution >= 4 is 17.6 Å². The zero-order chi connectivity index (χ0) is 13.3. The predicted molar refractivity (Wildman–Crippen MR) is 66.2 cm³/mol.